The highest BCUT2D eigenvalue weighted by Gasteiger charge is 2.18. The van der Waals surface area contributed by atoms with E-state index in [1.165, 1.54) is 17.0 Å². The fraction of sp³-hybridized carbons (Fsp3) is 0.235. The predicted molar refractivity (Wildman–Crippen MR) is 90.3 cm³/mol. The van der Waals surface area contributed by atoms with Gasteiger partial charge >= 0.3 is 5.97 Å². The van der Waals surface area contributed by atoms with Crippen LogP contribution in [0.1, 0.15) is 28.5 Å². The first-order chi connectivity index (χ1) is 12.1. The summed E-state index contributed by atoms with van der Waals surface area (Å²) in [5.74, 6) is -0.622. The Labute approximate surface area is 143 Å². The van der Waals surface area contributed by atoms with Crippen molar-refractivity contribution in [1.29, 1.82) is 0 Å². The van der Waals surface area contributed by atoms with Crippen molar-refractivity contribution in [2.45, 2.75) is 20.3 Å². The standard InChI is InChI=1S/C17H17N5O3/c1-3-14-12(8-18-17-19-10-20-22(14)17)16(24)25-9-15(23)21-13-7-5-4-6-11(13)2/h4-8,10H,3,9H2,1-2H3,(H,21,23). The highest BCUT2D eigenvalue weighted by Crippen LogP contribution is 2.14. The smallest absolute Gasteiger partial charge is 0.342 e. The molecule has 3 aromatic rings. The van der Waals surface area contributed by atoms with Crippen LogP contribution in [0.5, 0.6) is 0 Å². The van der Waals surface area contributed by atoms with Gasteiger partial charge in [0.1, 0.15) is 6.33 Å². The van der Waals surface area contributed by atoms with Crippen LogP contribution in [-0.4, -0.2) is 38.1 Å². The van der Waals surface area contributed by atoms with Crippen LogP contribution < -0.4 is 5.32 Å². The zero-order valence-corrected chi connectivity index (χ0v) is 13.9. The molecule has 0 unspecified atom stereocenters. The Morgan fingerprint density at radius 3 is 2.80 bits per heavy atom. The van der Waals surface area contributed by atoms with Gasteiger partial charge in [-0.3, -0.25) is 4.79 Å². The van der Waals surface area contributed by atoms with Crippen LogP contribution in [0.25, 0.3) is 5.78 Å². The predicted octanol–water partition coefficient (Wildman–Crippen LogP) is 1.79. The van der Waals surface area contributed by atoms with E-state index in [2.05, 4.69) is 20.4 Å². The molecule has 8 heteroatoms. The Hall–Kier alpha value is -3.29. The zero-order chi connectivity index (χ0) is 17.8. The SMILES string of the molecule is CCc1c(C(=O)OCC(=O)Nc2ccccc2C)cnc2ncnn12. The topological polar surface area (TPSA) is 98.5 Å². The summed E-state index contributed by atoms with van der Waals surface area (Å²) in [6, 6.07) is 7.37. The van der Waals surface area contributed by atoms with E-state index in [9.17, 15) is 9.59 Å². The minimum Gasteiger partial charge on any atom is -0.452 e. The number of fused-ring (bicyclic) bond motifs is 1. The van der Waals surface area contributed by atoms with Gasteiger partial charge < -0.3 is 10.1 Å². The maximum atomic E-state index is 12.3. The first-order valence-corrected chi connectivity index (χ1v) is 7.80. The van der Waals surface area contributed by atoms with E-state index < -0.39 is 11.9 Å². The molecule has 0 spiro atoms. The van der Waals surface area contributed by atoms with E-state index in [1.54, 1.807) is 6.07 Å². The van der Waals surface area contributed by atoms with Gasteiger partial charge in [-0.25, -0.2) is 14.3 Å². The van der Waals surface area contributed by atoms with E-state index in [4.69, 9.17) is 4.74 Å². The lowest BCUT2D eigenvalue weighted by molar-refractivity contribution is -0.119. The Morgan fingerprint density at radius 2 is 2.04 bits per heavy atom. The van der Waals surface area contributed by atoms with Crippen molar-refractivity contribution in [3.63, 3.8) is 0 Å². The molecule has 25 heavy (non-hydrogen) atoms. The van der Waals surface area contributed by atoms with Crippen molar-refractivity contribution in [2.75, 3.05) is 11.9 Å². The van der Waals surface area contributed by atoms with Crippen molar-refractivity contribution < 1.29 is 14.3 Å². The van der Waals surface area contributed by atoms with Crippen molar-refractivity contribution in [3.05, 3.63) is 53.6 Å². The van der Waals surface area contributed by atoms with E-state index in [0.717, 1.165) is 5.56 Å². The molecule has 0 saturated heterocycles. The molecule has 8 nitrogen and oxygen atoms in total. The van der Waals surface area contributed by atoms with Crippen LogP contribution in [0.3, 0.4) is 0 Å². The number of hydrogen-bond acceptors (Lipinski definition) is 6. The minimum absolute atomic E-state index is 0.268. The Bertz CT molecular complexity index is 935. The molecule has 0 atom stereocenters. The molecule has 0 fully saturated rings. The molecule has 0 aliphatic heterocycles. The molecule has 1 N–H and O–H groups in total. The molecule has 0 aliphatic carbocycles. The fourth-order valence-electron chi connectivity index (χ4n) is 2.44. The molecule has 128 valence electrons. The molecule has 1 aromatic carbocycles. The highest BCUT2D eigenvalue weighted by atomic mass is 16.5. The summed E-state index contributed by atoms with van der Waals surface area (Å²) < 4.78 is 6.61. The number of para-hydroxylation sites is 1. The number of esters is 1. The van der Waals surface area contributed by atoms with Gasteiger partial charge in [0.05, 0.1) is 11.3 Å². The van der Waals surface area contributed by atoms with Gasteiger partial charge in [0.15, 0.2) is 6.61 Å². The Kier molecular flexibility index (Phi) is 4.69. The number of aromatic nitrogens is 4. The summed E-state index contributed by atoms with van der Waals surface area (Å²) >= 11 is 0. The van der Waals surface area contributed by atoms with Gasteiger partial charge in [-0.2, -0.15) is 10.1 Å². The van der Waals surface area contributed by atoms with Crippen molar-refractivity contribution in [3.8, 4) is 0 Å². The number of amides is 1. The van der Waals surface area contributed by atoms with Crippen molar-refractivity contribution in [1.82, 2.24) is 19.6 Å². The third-order valence-corrected chi connectivity index (χ3v) is 3.71. The fourth-order valence-corrected chi connectivity index (χ4v) is 2.44. The average Bonchev–Trinajstić information content (AvgIpc) is 3.09. The van der Waals surface area contributed by atoms with E-state index in [0.29, 0.717) is 23.6 Å². The first-order valence-electron chi connectivity index (χ1n) is 7.80. The second-order valence-electron chi connectivity index (χ2n) is 5.38. The van der Waals surface area contributed by atoms with Crippen LogP contribution in [0.15, 0.2) is 36.8 Å². The maximum Gasteiger partial charge on any atom is 0.342 e. The molecular weight excluding hydrogens is 322 g/mol. The number of ether oxygens (including phenoxy) is 1. The quantitative estimate of drug-likeness (QED) is 0.712. The van der Waals surface area contributed by atoms with Gasteiger partial charge in [-0.15, -0.1) is 0 Å². The molecule has 3 rings (SSSR count). The Morgan fingerprint density at radius 1 is 1.24 bits per heavy atom. The largest absolute Gasteiger partial charge is 0.452 e. The summed E-state index contributed by atoms with van der Waals surface area (Å²) in [7, 11) is 0. The molecule has 0 saturated carbocycles. The van der Waals surface area contributed by atoms with Gasteiger partial charge in [-0.1, -0.05) is 25.1 Å². The van der Waals surface area contributed by atoms with Crippen LogP contribution in [0, 0.1) is 6.92 Å². The number of benzene rings is 1. The molecule has 1 amide bonds. The maximum absolute atomic E-state index is 12.3. The number of aryl methyl sites for hydroxylation is 2. The summed E-state index contributed by atoms with van der Waals surface area (Å²) in [6.45, 7) is 3.39. The zero-order valence-electron chi connectivity index (χ0n) is 13.9. The van der Waals surface area contributed by atoms with Crippen molar-refractivity contribution >= 4 is 23.3 Å². The second kappa shape index (κ2) is 7.08. The van der Waals surface area contributed by atoms with Gasteiger partial charge in [0.2, 0.25) is 0 Å². The molecule has 2 heterocycles. The summed E-state index contributed by atoms with van der Waals surface area (Å²) in [6.07, 6.45) is 3.30. The number of anilines is 1. The van der Waals surface area contributed by atoms with Crippen LogP contribution >= 0.6 is 0 Å². The van der Waals surface area contributed by atoms with Crippen LogP contribution in [0.4, 0.5) is 5.69 Å². The third-order valence-electron chi connectivity index (χ3n) is 3.71. The summed E-state index contributed by atoms with van der Waals surface area (Å²) in [5.41, 5.74) is 2.51. The van der Waals surface area contributed by atoms with Crippen LogP contribution in [-0.2, 0) is 16.0 Å². The number of nitrogens with one attached hydrogen (secondary N) is 1. The first kappa shape index (κ1) is 16.6. The van der Waals surface area contributed by atoms with Crippen LogP contribution in [0.2, 0.25) is 0 Å². The molecule has 2 aromatic heterocycles. The summed E-state index contributed by atoms with van der Waals surface area (Å²) in [5, 5.41) is 6.76. The highest BCUT2D eigenvalue weighted by molar-refractivity contribution is 5.96. The van der Waals surface area contributed by atoms with Gasteiger partial charge in [0, 0.05) is 11.9 Å². The van der Waals surface area contributed by atoms with Crippen molar-refractivity contribution in [2.24, 2.45) is 0 Å². The number of nitrogens with zero attached hydrogens (tertiary/aromatic N) is 4. The Balaban J connectivity index is 1.68. The average molecular weight is 339 g/mol. The molecular formula is C17H17N5O3. The van der Waals surface area contributed by atoms with E-state index in [1.807, 2.05) is 32.0 Å². The molecule has 0 bridgehead atoms. The number of rotatable bonds is 5. The minimum atomic E-state index is -0.623. The lowest BCUT2D eigenvalue weighted by Gasteiger charge is -2.10. The second-order valence-corrected chi connectivity index (χ2v) is 5.38. The van der Waals surface area contributed by atoms with Gasteiger partial charge in [-0.05, 0) is 25.0 Å². The number of carbonyl (C=O) groups is 2. The van der Waals surface area contributed by atoms with Gasteiger partial charge in [0.25, 0.3) is 11.7 Å². The normalized spacial score (nSPS) is 10.6. The lowest BCUT2D eigenvalue weighted by Crippen LogP contribution is -2.22. The molecule has 0 radical (unpaired) electrons. The number of hydrogen-bond donors (Lipinski definition) is 1. The number of carbonyl (C=O) groups excluding carboxylic acids is 2. The monoisotopic (exact) mass is 339 g/mol. The van der Waals surface area contributed by atoms with E-state index >= 15 is 0 Å². The molecule has 0 aliphatic rings. The lowest BCUT2D eigenvalue weighted by atomic mass is 10.2. The summed E-state index contributed by atoms with van der Waals surface area (Å²) in [4.78, 5) is 32.4. The third kappa shape index (κ3) is 3.47. The van der Waals surface area contributed by atoms with E-state index in [-0.39, 0.29) is 12.2 Å².